The van der Waals surface area contributed by atoms with Crippen LogP contribution in [-0.4, -0.2) is 32.4 Å². The molecular formula is C16H14Cl2O6. The Morgan fingerprint density at radius 3 is 1.12 bits per heavy atom. The van der Waals surface area contributed by atoms with Crippen molar-refractivity contribution in [1.82, 2.24) is 0 Å². The second kappa shape index (κ2) is 9.24. The first kappa shape index (κ1) is 19.9. The molecule has 0 aliphatic rings. The minimum atomic E-state index is -1.47. The van der Waals surface area contributed by atoms with Crippen LogP contribution < -0.4 is 0 Å². The van der Waals surface area contributed by atoms with Gasteiger partial charge in [-0.1, -0.05) is 47.5 Å². The van der Waals surface area contributed by atoms with E-state index in [2.05, 4.69) is 0 Å². The zero-order valence-corrected chi connectivity index (χ0v) is 13.6. The van der Waals surface area contributed by atoms with Gasteiger partial charge in [0.1, 0.15) is 0 Å². The Morgan fingerprint density at radius 1 is 0.667 bits per heavy atom. The summed E-state index contributed by atoms with van der Waals surface area (Å²) in [6.45, 7) is 0. The number of carboxylic acids is 2. The lowest BCUT2D eigenvalue weighted by Gasteiger charge is -2.04. The molecule has 2 atom stereocenters. The van der Waals surface area contributed by atoms with E-state index in [4.69, 9.17) is 43.6 Å². The van der Waals surface area contributed by atoms with Crippen molar-refractivity contribution < 1.29 is 30.0 Å². The molecule has 2 aromatic carbocycles. The highest BCUT2D eigenvalue weighted by Crippen LogP contribution is 2.17. The minimum Gasteiger partial charge on any atom is -0.479 e. The van der Waals surface area contributed by atoms with Crippen LogP contribution in [0.1, 0.15) is 23.3 Å². The number of hydrogen-bond acceptors (Lipinski definition) is 4. The van der Waals surface area contributed by atoms with Crippen LogP contribution >= 0.6 is 23.2 Å². The van der Waals surface area contributed by atoms with Gasteiger partial charge in [-0.2, -0.15) is 0 Å². The van der Waals surface area contributed by atoms with E-state index in [0.29, 0.717) is 21.2 Å². The normalized spacial score (nSPS) is 12.5. The van der Waals surface area contributed by atoms with Gasteiger partial charge in [-0.25, -0.2) is 9.59 Å². The van der Waals surface area contributed by atoms with Gasteiger partial charge in [0.05, 0.1) is 0 Å². The quantitative estimate of drug-likeness (QED) is 0.655. The molecule has 0 aromatic heterocycles. The standard InChI is InChI=1S/2C8H7ClO3/c2*9-6-3-1-5(2-4-6)7(10)8(11)12/h2*1-4,7,10H,(H,11,12). The van der Waals surface area contributed by atoms with E-state index < -0.39 is 24.1 Å². The zero-order valence-electron chi connectivity index (χ0n) is 12.1. The van der Waals surface area contributed by atoms with Crippen LogP contribution in [0.3, 0.4) is 0 Å². The average molecular weight is 373 g/mol. The van der Waals surface area contributed by atoms with Crippen LogP contribution in [0.25, 0.3) is 0 Å². The predicted octanol–water partition coefficient (Wildman–Crippen LogP) is 2.92. The molecule has 0 bridgehead atoms. The van der Waals surface area contributed by atoms with E-state index in [0.717, 1.165) is 0 Å². The number of aliphatic carboxylic acids is 2. The average Bonchev–Trinajstić information content (AvgIpc) is 2.55. The maximum Gasteiger partial charge on any atom is 0.337 e. The molecule has 0 amide bonds. The molecule has 0 aliphatic carbocycles. The summed E-state index contributed by atoms with van der Waals surface area (Å²) in [7, 11) is 0. The fourth-order valence-electron chi connectivity index (χ4n) is 1.58. The molecule has 2 rings (SSSR count). The van der Waals surface area contributed by atoms with Crippen LogP contribution in [0.5, 0.6) is 0 Å². The van der Waals surface area contributed by atoms with Crippen molar-refractivity contribution in [3.05, 3.63) is 69.7 Å². The van der Waals surface area contributed by atoms with Crippen molar-refractivity contribution in [3.63, 3.8) is 0 Å². The van der Waals surface area contributed by atoms with Crippen LogP contribution in [0, 0.1) is 0 Å². The van der Waals surface area contributed by atoms with E-state index in [1.165, 1.54) is 48.5 Å². The second-order valence-electron chi connectivity index (χ2n) is 4.58. The Kier molecular flexibility index (Phi) is 7.67. The van der Waals surface area contributed by atoms with Crippen molar-refractivity contribution in [2.45, 2.75) is 12.2 Å². The number of benzene rings is 2. The molecule has 0 radical (unpaired) electrons. The third-order valence-electron chi connectivity index (χ3n) is 2.84. The topological polar surface area (TPSA) is 115 Å². The summed E-state index contributed by atoms with van der Waals surface area (Å²) in [5.74, 6) is -2.53. The van der Waals surface area contributed by atoms with Gasteiger partial charge in [-0.15, -0.1) is 0 Å². The molecule has 0 saturated heterocycles. The van der Waals surface area contributed by atoms with E-state index in [9.17, 15) is 9.59 Å². The molecule has 0 heterocycles. The summed E-state index contributed by atoms with van der Waals surface area (Å²) in [5, 5.41) is 36.0. The van der Waals surface area contributed by atoms with Crippen molar-refractivity contribution in [1.29, 1.82) is 0 Å². The highest BCUT2D eigenvalue weighted by atomic mass is 35.5. The molecule has 2 aromatic rings. The molecule has 2 unspecified atom stereocenters. The number of halogens is 2. The van der Waals surface area contributed by atoms with E-state index in [-0.39, 0.29) is 0 Å². The molecule has 0 aliphatic heterocycles. The number of aliphatic hydroxyl groups excluding tert-OH is 2. The highest BCUT2D eigenvalue weighted by Gasteiger charge is 2.15. The SMILES string of the molecule is O=C(O)C(O)c1ccc(Cl)cc1.O=C(O)C(O)c1ccc(Cl)cc1. The number of carbonyl (C=O) groups is 2. The van der Waals surface area contributed by atoms with Crippen LogP contribution in [0.15, 0.2) is 48.5 Å². The second-order valence-corrected chi connectivity index (χ2v) is 5.46. The van der Waals surface area contributed by atoms with Gasteiger partial charge in [0.2, 0.25) is 0 Å². The third kappa shape index (κ3) is 6.17. The maximum atomic E-state index is 10.3. The first-order chi connectivity index (χ1) is 11.2. The Balaban J connectivity index is 0.000000240. The summed E-state index contributed by atoms with van der Waals surface area (Å²) in [5.41, 5.74) is 0.652. The lowest BCUT2D eigenvalue weighted by molar-refractivity contribution is -0.147. The lowest BCUT2D eigenvalue weighted by Crippen LogP contribution is -2.09. The smallest absolute Gasteiger partial charge is 0.337 e. The third-order valence-corrected chi connectivity index (χ3v) is 3.34. The van der Waals surface area contributed by atoms with Crippen molar-refractivity contribution in [2.24, 2.45) is 0 Å². The summed E-state index contributed by atoms with van der Waals surface area (Å²) < 4.78 is 0. The fourth-order valence-corrected chi connectivity index (χ4v) is 1.83. The molecule has 8 heteroatoms. The fraction of sp³-hybridized carbons (Fsp3) is 0.125. The summed E-state index contributed by atoms with van der Waals surface area (Å²) >= 11 is 11.1. The molecule has 4 N–H and O–H groups in total. The van der Waals surface area contributed by atoms with Crippen LogP contribution in [-0.2, 0) is 9.59 Å². The summed E-state index contributed by atoms with van der Waals surface area (Å²) in [6, 6.07) is 12.0. The Morgan fingerprint density at radius 2 is 0.917 bits per heavy atom. The molecule has 128 valence electrons. The van der Waals surface area contributed by atoms with E-state index in [1.54, 1.807) is 0 Å². The van der Waals surface area contributed by atoms with E-state index in [1.807, 2.05) is 0 Å². The van der Waals surface area contributed by atoms with Gasteiger partial charge in [-0.05, 0) is 35.4 Å². The van der Waals surface area contributed by atoms with Gasteiger partial charge in [-0.3, -0.25) is 0 Å². The van der Waals surface area contributed by atoms with Gasteiger partial charge >= 0.3 is 11.9 Å². The van der Waals surface area contributed by atoms with Gasteiger partial charge in [0.15, 0.2) is 12.2 Å². The maximum absolute atomic E-state index is 10.3. The number of aliphatic hydroxyl groups is 2. The minimum absolute atomic E-state index is 0.326. The van der Waals surface area contributed by atoms with Crippen molar-refractivity contribution in [3.8, 4) is 0 Å². The largest absolute Gasteiger partial charge is 0.479 e. The molecule has 0 saturated carbocycles. The first-order valence-electron chi connectivity index (χ1n) is 6.55. The summed E-state index contributed by atoms with van der Waals surface area (Å²) in [4.78, 5) is 20.6. The van der Waals surface area contributed by atoms with Gasteiger partial charge < -0.3 is 20.4 Å². The Bertz CT molecular complexity index is 623. The number of carboxylic acid groups (broad SMARTS) is 2. The first-order valence-corrected chi connectivity index (χ1v) is 7.30. The van der Waals surface area contributed by atoms with Crippen molar-refractivity contribution >= 4 is 35.1 Å². The van der Waals surface area contributed by atoms with Crippen molar-refractivity contribution in [2.75, 3.05) is 0 Å². The molecular weight excluding hydrogens is 359 g/mol. The Labute approximate surface area is 147 Å². The molecule has 24 heavy (non-hydrogen) atoms. The number of hydrogen-bond donors (Lipinski definition) is 4. The molecule has 6 nitrogen and oxygen atoms in total. The molecule has 0 fully saturated rings. The monoisotopic (exact) mass is 372 g/mol. The number of rotatable bonds is 4. The summed E-state index contributed by atoms with van der Waals surface area (Å²) in [6.07, 6.45) is -2.94. The Hall–Kier alpha value is -2.12. The zero-order chi connectivity index (χ0) is 18.3. The highest BCUT2D eigenvalue weighted by molar-refractivity contribution is 6.30. The molecule has 0 spiro atoms. The van der Waals surface area contributed by atoms with Gasteiger partial charge in [0, 0.05) is 10.0 Å². The van der Waals surface area contributed by atoms with Gasteiger partial charge in [0.25, 0.3) is 0 Å². The lowest BCUT2D eigenvalue weighted by atomic mass is 10.1. The predicted molar refractivity (Wildman–Crippen MR) is 88.1 cm³/mol. The van der Waals surface area contributed by atoms with Crippen LogP contribution in [0.4, 0.5) is 0 Å². The van der Waals surface area contributed by atoms with Crippen LogP contribution in [0.2, 0.25) is 10.0 Å². The van der Waals surface area contributed by atoms with E-state index >= 15 is 0 Å².